The first-order valence-corrected chi connectivity index (χ1v) is 5.20. The van der Waals surface area contributed by atoms with Crippen molar-refractivity contribution in [3.8, 4) is 0 Å². The number of hydrogen-bond acceptors (Lipinski definition) is 4. The van der Waals surface area contributed by atoms with E-state index in [9.17, 15) is 4.79 Å². The van der Waals surface area contributed by atoms with Crippen molar-refractivity contribution in [1.82, 2.24) is 4.90 Å². The van der Waals surface area contributed by atoms with Crippen molar-refractivity contribution < 1.29 is 14.3 Å². The van der Waals surface area contributed by atoms with E-state index < -0.39 is 5.60 Å². The van der Waals surface area contributed by atoms with Gasteiger partial charge in [0.05, 0.1) is 13.2 Å². The highest BCUT2D eigenvalue weighted by molar-refractivity contribution is 5.85. The lowest BCUT2D eigenvalue weighted by atomic mass is 10.2. The van der Waals surface area contributed by atoms with Gasteiger partial charge in [0.2, 0.25) is 0 Å². The molecule has 1 aliphatic rings. The number of nitrogens with zero attached hydrogens (tertiary/aromatic N) is 1. The average molecular weight is 253 g/mol. The summed E-state index contributed by atoms with van der Waals surface area (Å²) in [6, 6.07) is -0.125. The zero-order valence-corrected chi connectivity index (χ0v) is 10.9. The first kappa shape index (κ1) is 15.5. The maximum absolute atomic E-state index is 11.7. The second kappa shape index (κ2) is 6.27. The van der Waals surface area contributed by atoms with Gasteiger partial charge in [-0.3, -0.25) is 0 Å². The van der Waals surface area contributed by atoms with Crippen LogP contribution in [-0.2, 0) is 9.47 Å². The highest BCUT2D eigenvalue weighted by Gasteiger charge is 2.25. The molecule has 1 heterocycles. The van der Waals surface area contributed by atoms with Gasteiger partial charge in [0, 0.05) is 19.1 Å². The molecule has 1 unspecified atom stereocenters. The van der Waals surface area contributed by atoms with Crippen molar-refractivity contribution in [2.45, 2.75) is 32.4 Å². The first-order valence-electron chi connectivity index (χ1n) is 5.20. The van der Waals surface area contributed by atoms with E-state index in [0.717, 1.165) is 0 Å². The summed E-state index contributed by atoms with van der Waals surface area (Å²) in [5.41, 5.74) is 5.29. The number of ether oxygens (including phenoxy) is 2. The molecule has 0 aromatic rings. The normalized spacial score (nSPS) is 22.0. The van der Waals surface area contributed by atoms with E-state index in [4.69, 9.17) is 15.2 Å². The molecule has 2 N–H and O–H groups in total. The van der Waals surface area contributed by atoms with Crippen LogP contribution in [0.1, 0.15) is 20.8 Å². The Bertz CT molecular complexity index is 231. The van der Waals surface area contributed by atoms with Crippen LogP contribution in [0.25, 0.3) is 0 Å². The quantitative estimate of drug-likeness (QED) is 0.699. The van der Waals surface area contributed by atoms with Crippen molar-refractivity contribution in [1.29, 1.82) is 0 Å². The lowest BCUT2D eigenvalue weighted by molar-refractivity contribution is 0.0241. The molecular formula is C10H21ClN2O3. The summed E-state index contributed by atoms with van der Waals surface area (Å²) < 4.78 is 10.5. The lowest BCUT2D eigenvalue weighted by Gasteiger charge is -2.26. The Kier molecular flexibility index (Phi) is 6.07. The minimum atomic E-state index is -0.464. The Morgan fingerprint density at radius 1 is 1.50 bits per heavy atom. The van der Waals surface area contributed by atoms with Gasteiger partial charge in [-0.2, -0.15) is 0 Å². The fourth-order valence-corrected chi connectivity index (χ4v) is 1.33. The van der Waals surface area contributed by atoms with Crippen molar-refractivity contribution >= 4 is 18.5 Å². The fraction of sp³-hybridized carbons (Fsp3) is 0.900. The number of amides is 1. The predicted octanol–water partition coefficient (Wildman–Crippen LogP) is 1.00. The van der Waals surface area contributed by atoms with Gasteiger partial charge in [-0.25, -0.2) is 4.79 Å². The monoisotopic (exact) mass is 252 g/mol. The molecule has 0 spiro atoms. The van der Waals surface area contributed by atoms with Gasteiger partial charge in [-0.1, -0.05) is 0 Å². The summed E-state index contributed by atoms with van der Waals surface area (Å²) in [5.74, 6) is 0. The topological polar surface area (TPSA) is 64.8 Å². The van der Waals surface area contributed by atoms with Crippen LogP contribution in [-0.4, -0.2) is 48.9 Å². The van der Waals surface area contributed by atoms with E-state index in [1.807, 2.05) is 20.8 Å². The molecule has 1 aliphatic heterocycles. The Hall–Kier alpha value is -0.520. The standard InChI is InChI=1S/C10H20N2O3.ClH/c1-10(2,3)15-9(13)12-4-5-14-7-8(11)6-12;/h8H,4-7,11H2,1-3H3;1H. The van der Waals surface area contributed by atoms with Crippen LogP contribution in [0.5, 0.6) is 0 Å². The van der Waals surface area contributed by atoms with Crippen molar-refractivity contribution in [2.75, 3.05) is 26.3 Å². The van der Waals surface area contributed by atoms with Crippen LogP contribution >= 0.6 is 12.4 Å². The molecule has 0 bridgehead atoms. The van der Waals surface area contributed by atoms with E-state index in [0.29, 0.717) is 26.3 Å². The van der Waals surface area contributed by atoms with Gasteiger partial charge in [0.15, 0.2) is 0 Å². The number of rotatable bonds is 0. The number of hydrogen-bond donors (Lipinski definition) is 1. The van der Waals surface area contributed by atoms with Crippen LogP contribution in [0.4, 0.5) is 4.79 Å². The number of nitrogens with two attached hydrogens (primary N) is 1. The summed E-state index contributed by atoms with van der Waals surface area (Å²) in [6.07, 6.45) is -0.316. The molecule has 1 rings (SSSR count). The largest absolute Gasteiger partial charge is 0.444 e. The van der Waals surface area contributed by atoms with Gasteiger partial charge < -0.3 is 20.1 Å². The van der Waals surface area contributed by atoms with E-state index in [1.54, 1.807) is 4.90 Å². The van der Waals surface area contributed by atoms with Crippen molar-refractivity contribution in [2.24, 2.45) is 5.73 Å². The molecule has 1 saturated heterocycles. The van der Waals surface area contributed by atoms with Crippen LogP contribution < -0.4 is 5.73 Å². The smallest absolute Gasteiger partial charge is 0.410 e. The van der Waals surface area contributed by atoms with Gasteiger partial charge in [0.1, 0.15) is 5.60 Å². The molecule has 0 aliphatic carbocycles. The molecule has 6 heteroatoms. The molecule has 0 aromatic carbocycles. The van der Waals surface area contributed by atoms with E-state index in [-0.39, 0.29) is 24.5 Å². The maximum atomic E-state index is 11.7. The molecule has 1 amide bonds. The Labute approximate surface area is 103 Å². The number of carbonyl (C=O) groups is 1. The van der Waals surface area contributed by atoms with Crippen LogP contribution in [0.2, 0.25) is 0 Å². The summed E-state index contributed by atoms with van der Waals surface area (Å²) in [6.45, 7) is 7.60. The molecule has 16 heavy (non-hydrogen) atoms. The molecule has 0 saturated carbocycles. The predicted molar refractivity (Wildman–Crippen MR) is 63.8 cm³/mol. The third-order valence-electron chi connectivity index (χ3n) is 1.94. The second-order valence-electron chi connectivity index (χ2n) is 4.76. The van der Waals surface area contributed by atoms with Crippen molar-refractivity contribution in [3.63, 3.8) is 0 Å². The molecule has 5 nitrogen and oxygen atoms in total. The average Bonchev–Trinajstić information content (AvgIpc) is 2.26. The molecule has 0 aromatic heterocycles. The van der Waals surface area contributed by atoms with E-state index in [1.165, 1.54) is 0 Å². The number of halogens is 1. The fourth-order valence-electron chi connectivity index (χ4n) is 1.33. The minimum absolute atomic E-state index is 0. The zero-order chi connectivity index (χ0) is 11.5. The summed E-state index contributed by atoms with van der Waals surface area (Å²) in [7, 11) is 0. The molecule has 0 radical (unpaired) electrons. The lowest BCUT2D eigenvalue weighted by Crippen LogP contribution is -2.43. The van der Waals surface area contributed by atoms with E-state index >= 15 is 0 Å². The third-order valence-corrected chi connectivity index (χ3v) is 1.94. The Morgan fingerprint density at radius 3 is 2.69 bits per heavy atom. The highest BCUT2D eigenvalue weighted by atomic mass is 35.5. The minimum Gasteiger partial charge on any atom is -0.444 e. The van der Waals surface area contributed by atoms with Crippen molar-refractivity contribution in [3.05, 3.63) is 0 Å². The van der Waals surface area contributed by atoms with Crippen LogP contribution in [0.3, 0.4) is 0 Å². The Morgan fingerprint density at radius 2 is 2.12 bits per heavy atom. The summed E-state index contributed by atoms with van der Waals surface area (Å²) in [4.78, 5) is 13.3. The molecule has 96 valence electrons. The third kappa shape index (κ3) is 5.53. The van der Waals surface area contributed by atoms with Gasteiger partial charge in [-0.05, 0) is 20.8 Å². The van der Waals surface area contributed by atoms with Gasteiger partial charge >= 0.3 is 6.09 Å². The first-order chi connectivity index (χ1) is 6.88. The summed E-state index contributed by atoms with van der Waals surface area (Å²) >= 11 is 0. The number of carbonyl (C=O) groups excluding carboxylic acids is 1. The van der Waals surface area contributed by atoms with E-state index in [2.05, 4.69) is 0 Å². The van der Waals surface area contributed by atoms with Crippen LogP contribution in [0, 0.1) is 0 Å². The molecule has 1 fully saturated rings. The highest BCUT2D eigenvalue weighted by Crippen LogP contribution is 2.11. The van der Waals surface area contributed by atoms with Gasteiger partial charge in [-0.15, -0.1) is 12.4 Å². The summed E-state index contributed by atoms with van der Waals surface area (Å²) in [5, 5.41) is 0. The second-order valence-corrected chi connectivity index (χ2v) is 4.76. The molecule has 1 atom stereocenters. The SMILES string of the molecule is CC(C)(C)OC(=O)N1CCOCC(N)C1.Cl. The Balaban J connectivity index is 0.00000225. The zero-order valence-electron chi connectivity index (χ0n) is 10.1. The molecular weight excluding hydrogens is 232 g/mol. The maximum Gasteiger partial charge on any atom is 0.410 e. The van der Waals surface area contributed by atoms with Gasteiger partial charge in [0.25, 0.3) is 0 Å². The van der Waals surface area contributed by atoms with Crippen LogP contribution in [0.15, 0.2) is 0 Å².